The molecule has 0 atom stereocenters. The van der Waals surface area contributed by atoms with E-state index in [4.69, 9.17) is 0 Å². The number of imidazole rings is 1. The van der Waals surface area contributed by atoms with Crippen molar-refractivity contribution in [3.8, 4) is 5.69 Å². The fourth-order valence-electron chi connectivity index (χ4n) is 2.46. The first-order valence-electron chi connectivity index (χ1n) is 5.61. The number of hydrogen-bond acceptors (Lipinski definition) is 1. The third kappa shape index (κ3) is 1.15. The van der Waals surface area contributed by atoms with Crippen LogP contribution in [0.4, 0.5) is 0 Å². The first-order valence-corrected chi connectivity index (χ1v) is 6.43. The van der Waals surface area contributed by atoms with Crippen molar-refractivity contribution in [3.05, 3.63) is 48.8 Å². The lowest BCUT2D eigenvalue weighted by Crippen LogP contribution is -2.25. The SMILES string of the molecule is C[n+]1cn2c3c(cccc31)Sc1ccccc1-2. The lowest BCUT2D eigenvalue weighted by Gasteiger charge is -2.12. The Labute approximate surface area is 104 Å². The Morgan fingerprint density at radius 3 is 2.76 bits per heavy atom. The molecule has 0 unspecified atom stereocenters. The summed E-state index contributed by atoms with van der Waals surface area (Å²) in [4.78, 5) is 2.66. The summed E-state index contributed by atoms with van der Waals surface area (Å²) in [5.74, 6) is 0. The van der Waals surface area contributed by atoms with Crippen LogP contribution in [0.1, 0.15) is 0 Å². The van der Waals surface area contributed by atoms with Crippen LogP contribution in [-0.2, 0) is 7.05 Å². The predicted molar refractivity (Wildman–Crippen MR) is 68.6 cm³/mol. The van der Waals surface area contributed by atoms with E-state index in [0.29, 0.717) is 0 Å². The summed E-state index contributed by atoms with van der Waals surface area (Å²) >= 11 is 1.85. The van der Waals surface area contributed by atoms with Crippen LogP contribution in [0.5, 0.6) is 0 Å². The van der Waals surface area contributed by atoms with Gasteiger partial charge in [-0.15, -0.1) is 0 Å². The van der Waals surface area contributed by atoms with Crippen LogP contribution in [0, 0.1) is 0 Å². The van der Waals surface area contributed by atoms with Crippen LogP contribution in [0.3, 0.4) is 0 Å². The molecule has 1 aliphatic rings. The third-order valence-corrected chi connectivity index (χ3v) is 4.35. The number of rotatable bonds is 0. The van der Waals surface area contributed by atoms with Crippen molar-refractivity contribution >= 4 is 22.8 Å². The highest BCUT2D eigenvalue weighted by atomic mass is 32.2. The van der Waals surface area contributed by atoms with Crippen LogP contribution < -0.4 is 4.57 Å². The van der Waals surface area contributed by atoms with Crippen LogP contribution in [0.25, 0.3) is 16.7 Å². The average molecular weight is 239 g/mol. The zero-order valence-corrected chi connectivity index (χ0v) is 10.2. The number of aryl methyl sites for hydroxylation is 1. The molecule has 2 nitrogen and oxygen atoms in total. The van der Waals surface area contributed by atoms with E-state index in [-0.39, 0.29) is 0 Å². The average Bonchev–Trinajstić information content (AvgIpc) is 2.70. The maximum absolute atomic E-state index is 2.29. The molecule has 3 aromatic rings. The van der Waals surface area contributed by atoms with Crippen molar-refractivity contribution in [2.24, 2.45) is 7.05 Å². The monoisotopic (exact) mass is 239 g/mol. The van der Waals surface area contributed by atoms with Crippen molar-refractivity contribution in [1.29, 1.82) is 0 Å². The zero-order chi connectivity index (χ0) is 11.4. The number of hydrogen-bond donors (Lipinski definition) is 0. The van der Waals surface area contributed by atoms with Crippen LogP contribution >= 0.6 is 11.8 Å². The Bertz CT molecular complexity index is 743. The smallest absolute Gasteiger partial charge is 0.232 e. The minimum absolute atomic E-state index is 1.28. The van der Waals surface area contributed by atoms with Crippen molar-refractivity contribution < 1.29 is 4.57 Å². The molecule has 2 heterocycles. The van der Waals surface area contributed by atoms with E-state index in [0.717, 1.165) is 0 Å². The van der Waals surface area contributed by atoms with Gasteiger partial charge >= 0.3 is 0 Å². The van der Waals surface area contributed by atoms with Crippen molar-refractivity contribution in [2.75, 3.05) is 0 Å². The molecule has 0 spiro atoms. The van der Waals surface area contributed by atoms with Gasteiger partial charge in [0.25, 0.3) is 0 Å². The maximum Gasteiger partial charge on any atom is 0.249 e. The molecule has 0 saturated carbocycles. The van der Waals surface area contributed by atoms with Gasteiger partial charge in [0.2, 0.25) is 6.33 Å². The summed E-state index contributed by atoms with van der Waals surface area (Å²) in [7, 11) is 2.10. The molecule has 4 rings (SSSR count). The number of fused-ring (bicyclic) bond motifs is 2. The van der Waals surface area contributed by atoms with Gasteiger partial charge < -0.3 is 0 Å². The number of para-hydroxylation sites is 2. The standard InChI is InChI=1S/C14H11N2S/c1-15-9-16-10-5-2-3-7-12(10)17-13-8-4-6-11(15)14(13)16/h2-9H,1H3/q+1. The number of nitrogens with zero attached hydrogens (tertiary/aromatic N) is 2. The molecule has 17 heavy (non-hydrogen) atoms. The van der Waals surface area contributed by atoms with Gasteiger partial charge in [-0.3, -0.25) is 0 Å². The van der Waals surface area contributed by atoms with Crippen molar-refractivity contribution in [2.45, 2.75) is 9.79 Å². The van der Waals surface area contributed by atoms with E-state index in [1.165, 1.54) is 26.5 Å². The Balaban J connectivity index is 2.22. The lowest BCUT2D eigenvalue weighted by molar-refractivity contribution is -0.645. The van der Waals surface area contributed by atoms with Gasteiger partial charge in [-0.1, -0.05) is 30.0 Å². The molecular formula is C14H11N2S+. The third-order valence-electron chi connectivity index (χ3n) is 3.23. The molecule has 0 bridgehead atoms. The van der Waals surface area contributed by atoms with Crippen LogP contribution in [0.2, 0.25) is 0 Å². The highest BCUT2D eigenvalue weighted by molar-refractivity contribution is 7.99. The fourth-order valence-corrected chi connectivity index (χ4v) is 3.56. The summed E-state index contributed by atoms with van der Waals surface area (Å²) < 4.78 is 4.47. The zero-order valence-electron chi connectivity index (χ0n) is 9.42. The summed E-state index contributed by atoms with van der Waals surface area (Å²) in [6.45, 7) is 0. The van der Waals surface area contributed by atoms with Crippen LogP contribution in [-0.4, -0.2) is 4.57 Å². The predicted octanol–water partition coefficient (Wildman–Crippen LogP) is 2.92. The Morgan fingerprint density at radius 1 is 1.00 bits per heavy atom. The van der Waals surface area contributed by atoms with Gasteiger partial charge in [0.05, 0.1) is 16.8 Å². The quantitative estimate of drug-likeness (QED) is 0.429. The summed E-state index contributed by atoms with van der Waals surface area (Å²) in [5, 5.41) is 0. The van der Waals surface area contributed by atoms with Gasteiger partial charge in [-0.25, -0.2) is 4.57 Å². The van der Waals surface area contributed by atoms with Crippen molar-refractivity contribution in [3.63, 3.8) is 0 Å². The van der Waals surface area contributed by atoms with E-state index < -0.39 is 0 Å². The summed E-state index contributed by atoms with van der Waals surface area (Å²) in [5.41, 5.74) is 3.88. The topological polar surface area (TPSA) is 8.81 Å². The Hall–Kier alpha value is -1.74. The van der Waals surface area contributed by atoms with E-state index in [1.807, 2.05) is 11.8 Å². The number of aromatic nitrogens is 2. The Kier molecular flexibility index (Phi) is 1.72. The molecule has 0 aliphatic carbocycles. The molecule has 0 radical (unpaired) electrons. The molecule has 3 heteroatoms. The second-order valence-corrected chi connectivity index (χ2v) is 5.37. The summed E-state index contributed by atoms with van der Waals surface area (Å²) in [6.07, 6.45) is 2.16. The van der Waals surface area contributed by atoms with E-state index >= 15 is 0 Å². The second kappa shape index (κ2) is 3.14. The van der Waals surface area contributed by atoms with Crippen LogP contribution in [0.15, 0.2) is 58.6 Å². The molecule has 2 aromatic carbocycles. The van der Waals surface area contributed by atoms with Gasteiger partial charge in [0, 0.05) is 0 Å². The molecule has 1 aliphatic heterocycles. The normalized spacial score (nSPS) is 12.8. The molecule has 0 fully saturated rings. The first kappa shape index (κ1) is 9.31. The highest BCUT2D eigenvalue weighted by Crippen LogP contribution is 2.41. The van der Waals surface area contributed by atoms with Crippen molar-refractivity contribution in [1.82, 2.24) is 4.57 Å². The number of benzene rings is 2. The van der Waals surface area contributed by atoms with Gasteiger partial charge in [-0.2, -0.15) is 4.57 Å². The summed E-state index contributed by atoms with van der Waals surface area (Å²) in [6, 6.07) is 15.0. The maximum atomic E-state index is 2.29. The highest BCUT2D eigenvalue weighted by Gasteiger charge is 2.25. The molecule has 82 valence electrons. The largest absolute Gasteiger partial charge is 0.249 e. The van der Waals surface area contributed by atoms with Gasteiger partial charge in [0.15, 0.2) is 11.0 Å². The minimum atomic E-state index is 1.28. The Morgan fingerprint density at radius 2 is 1.82 bits per heavy atom. The van der Waals surface area contributed by atoms with Gasteiger partial charge in [0.1, 0.15) is 5.69 Å². The fraction of sp³-hybridized carbons (Fsp3) is 0.0714. The second-order valence-electron chi connectivity index (χ2n) is 4.29. The molecule has 0 amide bonds. The molecule has 0 saturated heterocycles. The first-order chi connectivity index (χ1) is 8.34. The minimum Gasteiger partial charge on any atom is -0.232 e. The molecule has 1 aromatic heterocycles. The van der Waals surface area contributed by atoms with E-state index in [2.05, 4.69) is 65.0 Å². The van der Waals surface area contributed by atoms with E-state index in [1.54, 1.807) is 0 Å². The lowest BCUT2D eigenvalue weighted by atomic mass is 10.2. The molecule has 0 N–H and O–H groups in total. The van der Waals surface area contributed by atoms with E-state index in [9.17, 15) is 0 Å². The molecular weight excluding hydrogens is 228 g/mol. The van der Waals surface area contributed by atoms with Gasteiger partial charge in [-0.05, 0) is 24.3 Å².